The summed E-state index contributed by atoms with van der Waals surface area (Å²) in [7, 11) is 0. The predicted octanol–water partition coefficient (Wildman–Crippen LogP) is 4.43. The Morgan fingerprint density at radius 1 is 1.00 bits per heavy atom. The van der Waals surface area contributed by atoms with Gasteiger partial charge in [-0.1, -0.05) is 41.9 Å². The maximum Gasteiger partial charge on any atom is 0.194 e. The van der Waals surface area contributed by atoms with E-state index in [2.05, 4.69) is 4.98 Å². The van der Waals surface area contributed by atoms with Crippen LogP contribution in [-0.2, 0) is 0 Å². The summed E-state index contributed by atoms with van der Waals surface area (Å²) in [4.78, 5) is 17.0. The van der Waals surface area contributed by atoms with E-state index in [9.17, 15) is 4.79 Å². The van der Waals surface area contributed by atoms with Crippen molar-refractivity contribution >= 4 is 28.3 Å². The van der Waals surface area contributed by atoms with Crippen molar-refractivity contribution in [3.05, 3.63) is 76.4 Å². The molecule has 1 heterocycles. The molecule has 0 fully saturated rings. The number of carbonyl (C=O) groups excluding carboxylic acids is 1. The van der Waals surface area contributed by atoms with Crippen LogP contribution < -0.4 is 0 Å². The van der Waals surface area contributed by atoms with Gasteiger partial charge in [0, 0.05) is 27.7 Å². The van der Waals surface area contributed by atoms with Crippen molar-refractivity contribution in [2.24, 2.45) is 0 Å². The first-order valence-corrected chi connectivity index (χ1v) is 6.70. The fraction of sp³-hybridized carbons (Fsp3) is 0.0588. The SMILES string of the molecule is Cc1c(Cl)cccc1C(=O)c1cccc2ncccc12. The number of hydrogen-bond acceptors (Lipinski definition) is 2. The Bertz CT molecular complexity index is 806. The summed E-state index contributed by atoms with van der Waals surface area (Å²) in [5, 5.41) is 1.47. The Balaban J connectivity index is 2.21. The second-order valence-electron chi connectivity index (χ2n) is 4.62. The van der Waals surface area contributed by atoms with Gasteiger partial charge in [-0.25, -0.2) is 0 Å². The zero-order chi connectivity index (χ0) is 14.1. The number of hydrogen-bond donors (Lipinski definition) is 0. The Morgan fingerprint density at radius 3 is 2.60 bits per heavy atom. The minimum atomic E-state index is -0.0244. The lowest BCUT2D eigenvalue weighted by atomic mass is 9.96. The van der Waals surface area contributed by atoms with E-state index >= 15 is 0 Å². The van der Waals surface area contributed by atoms with Gasteiger partial charge in [0.25, 0.3) is 0 Å². The molecular formula is C17H12ClNO. The number of ketones is 1. The van der Waals surface area contributed by atoms with Gasteiger partial charge < -0.3 is 0 Å². The van der Waals surface area contributed by atoms with Crippen molar-refractivity contribution in [2.75, 3.05) is 0 Å². The van der Waals surface area contributed by atoms with Crippen LogP contribution in [0.1, 0.15) is 21.5 Å². The first-order chi connectivity index (χ1) is 9.68. The van der Waals surface area contributed by atoms with E-state index in [1.165, 1.54) is 0 Å². The van der Waals surface area contributed by atoms with Gasteiger partial charge in [-0.05, 0) is 30.7 Å². The van der Waals surface area contributed by atoms with Crippen LogP contribution in [0.5, 0.6) is 0 Å². The molecule has 3 rings (SSSR count). The molecule has 0 spiro atoms. The molecule has 2 aromatic carbocycles. The van der Waals surface area contributed by atoms with Crippen molar-refractivity contribution in [3.8, 4) is 0 Å². The average Bonchev–Trinajstić information content (AvgIpc) is 2.49. The fourth-order valence-electron chi connectivity index (χ4n) is 2.30. The zero-order valence-electron chi connectivity index (χ0n) is 10.9. The van der Waals surface area contributed by atoms with Gasteiger partial charge in [-0.3, -0.25) is 9.78 Å². The maximum atomic E-state index is 12.7. The van der Waals surface area contributed by atoms with Gasteiger partial charge >= 0.3 is 0 Å². The number of pyridine rings is 1. The van der Waals surface area contributed by atoms with Crippen LogP contribution in [0, 0.1) is 6.92 Å². The second kappa shape index (κ2) is 5.06. The summed E-state index contributed by atoms with van der Waals surface area (Å²) in [6.07, 6.45) is 1.72. The Kier molecular flexibility index (Phi) is 3.25. The summed E-state index contributed by atoms with van der Waals surface area (Å²) < 4.78 is 0. The van der Waals surface area contributed by atoms with E-state index in [4.69, 9.17) is 11.6 Å². The third kappa shape index (κ3) is 2.08. The molecule has 0 saturated heterocycles. The zero-order valence-corrected chi connectivity index (χ0v) is 11.7. The van der Waals surface area contributed by atoms with Crippen LogP contribution in [0.2, 0.25) is 5.02 Å². The predicted molar refractivity (Wildman–Crippen MR) is 81.4 cm³/mol. The van der Waals surface area contributed by atoms with Gasteiger partial charge in [0.15, 0.2) is 5.78 Å². The molecule has 98 valence electrons. The van der Waals surface area contributed by atoms with Crippen molar-refractivity contribution < 1.29 is 4.79 Å². The van der Waals surface area contributed by atoms with E-state index in [1.807, 2.05) is 37.3 Å². The van der Waals surface area contributed by atoms with E-state index < -0.39 is 0 Å². The molecule has 0 radical (unpaired) electrons. The van der Waals surface area contributed by atoms with Crippen LogP contribution in [0.4, 0.5) is 0 Å². The smallest absolute Gasteiger partial charge is 0.194 e. The lowest BCUT2D eigenvalue weighted by Crippen LogP contribution is -2.05. The second-order valence-corrected chi connectivity index (χ2v) is 5.02. The van der Waals surface area contributed by atoms with E-state index in [0.29, 0.717) is 16.1 Å². The maximum absolute atomic E-state index is 12.7. The number of aromatic nitrogens is 1. The molecule has 0 amide bonds. The first kappa shape index (κ1) is 12.8. The number of benzene rings is 2. The van der Waals surface area contributed by atoms with Crippen molar-refractivity contribution in [1.29, 1.82) is 0 Å². The molecule has 3 aromatic rings. The molecule has 0 saturated carbocycles. The standard InChI is InChI=1S/C17H12ClNO/c1-11-12(5-2-8-15(11)18)17(20)14-6-3-9-16-13(14)7-4-10-19-16/h2-10H,1H3. The van der Waals surface area contributed by atoms with Gasteiger partial charge in [-0.15, -0.1) is 0 Å². The summed E-state index contributed by atoms with van der Waals surface area (Å²) in [5.74, 6) is -0.0244. The largest absolute Gasteiger partial charge is 0.289 e. The third-order valence-corrected chi connectivity index (χ3v) is 3.81. The molecule has 0 aliphatic carbocycles. The summed E-state index contributed by atoms with van der Waals surface area (Å²) in [6, 6.07) is 14.7. The van der Waals surface area contributed by atoms with Gasteiger partial charge in [0.2, 0.25) is 0 Å². The lowest BCUT2D eigenvalue weighted by molar-refractivity contribution is 0.103. The molecule has 2 nitrogen and oxygen atoms in total. The highest BCUT2D eigenvalue weighted by atomic mass is 35.5. The highest BCUT2D eigenvalue weighted by Crippen LogP contribution is 2.24. The molecule has 0 aliphatic heterocycles. The molecule has 0 atom stereocenters. The van der Waals surface area contributed by atoms with E-state index in [1.54, 1.807) is 24.4 Å². The van der Waals surface area contributed by atoms with Crippen molar-refractivity contribution in [2.45, 2.75) is 6.92 Å². The minimum absolute atomic E-state index is 0.0244. The van der Waals surface area contributed by atoms with Crippen LogP contribution in [-0.4, -0.2) is 10.8 Å². The van der Waals surface area contributed by atoms with Crippen LogP contribution >= 0.6 is 11.6 Å². The molecule has 0 unspecified atom stereocenters. The molecule has 0 aliphatic rings. The fourth-order valence-corrected chi connectivity index (χ4v) is 2.47. The average molecular weight is 282 g/mol. The van der Waals surface area contributed by atoms with Crippen LogP contribution in [0.3, 0.4) is 0 Å². The summed E-state index contributed by atoms with van der Waals surface area (Å²) in [6.45, 7) is 1.86. The molecular weight excluding hydrogens is 270 g/mol. The molecule has 20 heavy (non-hydrogen) atoms. The lowest BCUT2D eigenvalue weighted by Gasteiger charge is -2.08. The molecule has 3 heteroatoms. The Morgan fingerprint density at radius 2 is 1.75 bits per heavy atom. The van der Waals surface area contributed by atoms with Gasteiger partial charge in [0.05, 0.1) is 5.52 Å². The van der Waals surface area contributed by atoms with Gasteiger partial charge in [-0.2, -0.15) is 0 Å². The van der Waals surface area contributed by atoms with Crippen molar-refractivity contribution in [1.82, 2.24) is 4.98 Å². The topological polar surface area (TPSA) is 30.0 Å². The summed E-state index contributed by atoms with van der Waals surface area (Å²) >= 11 is 6.10. The number of halogens is 1. The van der Waals surface area contributed by atoms with Gasteiger partial charge in [0.1, 0.15) is 0 Å². The van der Waals surface area contributed by atoms with Crippen LogP contribution in [0.15, 0.2) is 54.7 Å². The Hall–Kier alpha value is -2.19. The Labute approximate surface area is 122 Å². The quantitative estimate of drug-likeness (QED) is 0.651. The molecule has 1 aromatic heterocycles. The number of fused-ring (bicyclic) bond motifs is 1. The first-order valence-electron chi connectivity index (χ1n) is 6.32. The highest BCUT2D eigenvalue weighted by Gasteiger charge is 2.15. The van der Waals surface area contributed by atoms with Crippen molar-refractivity contribution in [3.63, 3.8) is 0 Å². The van der Waals surface area contributed by atoms with E-state index in [-0.39, 0.29) is 5.78 Å². The third-order valence-electron chi connectivity index (χ3n) is 3.40. The monoisotopic (exact) mass is 281 g/mol. The van der Waals surface area contributed by atoms with E-state index in [0.717, 1.165) is 16.5 Å². The minimum Gasteiger partial charge on any atom is -0.289 e. The summed E-state index contributed by atoms with van der Waals surface area (Å²) in [5.41, 5.74) is 2.91. The number of nitrogens with zero attached hydrogens (tertiary/aromatic N) is 1. The molecule has 0 bridgehead atoms. The highest BCUT2D eigenvalue weighted by molar-refractivity contribution is 6.32. The molecule has 0 N–H and O–H groups in total. The number of rotatable bonds is 2. The normalized spacial score (nSPS) is 10.7. The van der Waals surface area contributed by atoms with Crippen LogP contribution in [0.25, 0.3) is 10.9 Å². The number of carbonyl (C=O) groups is 1.